The lowest BCUT2D eigenvalue weighted by Gasteiger charge is -2.36. The Morgan fingerprint density at radius 1 is 1.04 bits per heavy atom. The summed E-state index contributed by atoms with van der Waals surface area (Å²) < 4.78 is 5.51. The molecule has 28 heavy (non-hydrogen) atoms. The molecule has 0 radical (unpaired) electrons. The Morgan fingerprint density at radius 2 is 1.82 bits per heavy atom. The van der Waals surface area contributed by atoms with Gasteiger partial charge in [-0.1, -0.05) is 0 Å². The molecule has 0 saturated carbocycles. The van der Waals surface area contributed by atoms with Crippen molar-refractivity contribution in [1.29, 1.82) is 0 Å². The van der Waals surface area contributed by atoms with Crippen molar-refractivity contribution in [3.05, 3.63) is 35.4 Å². The number of aromatic nitrogens is 4. The number of anilines is 2. The largest absolute Gasteiger partial charge is 0.381 e. The molecular weight excluding hydrogens is 372 g/mol. The quantitative estimate of drug-likeness (QED) is 0.674. The van der Waals surface area contributed by atoms with Gasteiger partial charge in [0.25, 0.3) is 0 Å². The predicted octanol–water partition coefficient (Wildman–Crippen LogP) is 3.01. The van der Waals surface area contributed by atoms with Gasteiger partial charge in [0.1, 0.15) is 28.6 Å². The summed E-state index contributed by atoms with van der Waals surface area (Å²) in [6.07, 6.45) is 3.77. The van der Waals surface area contributed by atoms with Crippen LogP contribution in [0.25, 0.3) is 10.2 Å². The van der Waals surface area contributed by atoms with Crippen LogP contribution in [0.1, 0.15) is 30.3 Å². The van der Waals surface area contributed by atoms with Crippen LogP contribution in [-0.4, -0.2) is 59.3 Å². The van der Waals surface area contributed by atoms with Gasteiger partial charge < -0.3 is 14.5 Å². The second-order valence-corrected chi connectivity index (χ2v) is 8.29. The first-order valence-electron chi connectivity index (χ1n) is 9.89. The second-order valence-electron chi connectivity index (χ2n) is 7.40. The molecule has 2 saturated heterocycles. The van der Waals surface area contributed by atoms with Crippen molar-refractivity contribution in [1.82, 2.24) is 19.9 Å². The van der Waals surface area contributed by atoms with E-state index in [1.165, 1.54) is 5.69 Å². The molecule has 2 aliphatic rings. The highest BCUT2D eigenvalue weighted by Gasteiger charge is 2.24. The van der Waals surface area contributed by atoms with Crippen LogP contribution < -0.4 is 9.80 Å². The number of ether oxygens (including phenoxy) is 1. The number of hydrogen-bond acceptors (Lipinski definition) is 8. The third-order valence-corrected chi connectivity index (χ3v) is 6.45. The number of nitrogens with zero attached hydrogens (tertiary/aromatic N) is 6. The van der Waals surface area contributed by atoms with Gasteiger partial charge in [-0.05, 0) is 31.2 Å². The minimum Gasteiger partial charge on any atom is -0.381 e. The maximum atomic E-state index is 5.51. The van der Waals surface area contributed by atoms with Gasteiger partial charge >= 0.3 is 0 Å². The highest BCUT2D eigenvalue weighted by atomic mass is 32.1. The maximum absolute atomic E-state index is 5.51. The van der Waals surface area contributed by atoms with E-state index in [1.54, 1.807) is 17.7 Å². The minimum absolute atomic E-state index is 0.489. The van der Waals surface area contributed by atoms with E-state index in [9.17, 15) is 0 Å². The lowest BCUT2D eigenvalue weighted by atomic mass is 9.96. The van der Waals surface area contributed by atoms with Gasteiger partial charge in [-0.3, -0.25) is 0 Å². The zero-order valence-corrected chi connectivity index (χ0v) is 16.9. The zero-order valence-electron chi connectivity index (χ0n) is 16.0. The van der Waals surface area contributed by atoms with E-state index < -0.39 is 0 Å². The van der Waals surface area contributed by atoms with E-state index in [0.29, 0.717) is 5.92 Å². The van der Waals surface area contributed by atoms with Crippen LogP contribution in [0.2, 0.25) is 0 Å². The van der Waals surface area contributed by atoms with Crippen molar-refractivity contribution in [2.75, 3.05) is 49.2 Å². The van der Waals surface area contributed by atoms with E-state index >= 15 is 0 Å². The van der Waals surface area contributed by atoms with Crippen LogP contribution in [0.3, 0.4) is 0 Å². The van der Waals surface area contributed by atoms with Crippen LogP contribution in [-0.2, 0) is 4.74 Å². The normalized spacial score (nSPS) is 18.8. The van der Waals surface area contributed by atoms with Crippen molar-refractivity contribution >= 4 is 33.2 Å². The Labute approximate surface area is 168 Å². The number of piperazine rings is 1. The van der Waals surface area contributed by atoms with Gasteiger partial charge in [0, 0.05) is 57.1 Å². The predicted molar refractivity (Wildman–Crippen MR) is 111 cm³/mol. The summed E-state index contributed by atoms with van der Waals surface area (Å²) in [4.78, 5) is 24.2. The van der Waals surface area contributed by atoms with Crippen molar-refractivity contribution in [2.45, 2.75) is 25.7 Å². The van der Waals surface area contributed by atoms with Crippen LogP contribution >= 0.6 is 11.3 Å². The highest BCUT2D eigenvalue weighted by molar-refractivity contribution is 7.16. The molecule has 2 aliphatic heterocycles. The van der Waals surface area contributed by atoms with Gasteiger partial charge in [0.05, 0.1) is 5.39 Å². The van der Waals surface area contributed by atoms with Gasteiger partial charge in [-0.25, -0.2) is 19.9 Å². The van der Waals surface area contributed by atoms with Crippen molar-refractivity contribution in [3.63, 3.8) is 0 Å². The molecule has 3 aromatic heterocycles. The molecule has 146 valence electrons. The average molecular weight is 397 g/mol. The molecule has 0 atom stereocenters. The molecule has 0 unspecified atom stereocenters. The van der Waals surface area contributed by atoms with Crippen LogP contribution in [0.4, 0.5) is 11.6 Å². The number of aryl methyl sites for hydroxylation is 1. The van der Waals surface area contributed by atoms with Crippen LogP contribution in [0, 0.1) is 6.92 Å². The first-order valence-corrected chi connectivity index (χ1v) is 10.8. The van der Waals surface area contributed by atoms with E-state index in [4.69, 9.17) is 14.7 Å². The number of hydrogen-bond donors (Lipinski definition) is 0. The molecule has 2 fully saturated rings. The first kappa shape index (κ1) is 17.8. The standard InChI is InChI=1S/C20H24N6OS/c1-14-23-17(15-2-9-27-10-3-15)12-18(24-14)25-5-7-26(8-6-25)19-16-4-11-28-20(16)22-13-21-19/h4,11-13,15H,2-3,5-10H2,1H3. The summed E-state index contributed by atoms with van der Waals surface area (Å²) in [6.45, 7) is 7.38. The number of rotatable bonds is 3. The fourth-order valence-electron chi connectivity index (χ4n) is 4.12. The molecular formula is C20H24N6OS. The second kappa shape index (κ2) is 7.60. The van der Waals surface area contributed by atoms with Gasteiger partial charge in [-0.15, -0.1) is 11.3 Å². The molecule has 0 bridgehead atoms. The van der Waals surface area contributed by atoms with Crippen LogP contribution in [0.15, 0.2) is 23.8 Å². The topological polar surface area (TPSA) is 67.3 Å². The molecule has 0 amide bonds. The van der Waals surface area contributed by atoms with E-state index in [-0.39, 0.29) is 0 Å². The monoisotopic (exact) mass is 396 g/mol. The summed E-state index contributed by atoms with van der Waals surface area (Å²) in [5, 5.41) is 3.24. The Kier molecular flexibility index (Phi) is 4.82. The Balaban J connectivity index is 1.33. The van der Waals surface area contributed by atoms with Crippen LogP contribution in [0.5, 0.6) is 0 Å². The molecule has 0 spiro atoms. The average Bonchev–Trinajstić information content (AvgIpc) is 3.23. The Bertz CT molecular complexity index is 962. The molecule has 5 heterocycles. The summed E-state index contributed by atoms with van der Waals surface area (Å²) >= 11 is 1.67. The van der Waals surface area contributed by atoms with E-state index in [2.05, 4.69) is 37.3 Å². The Morgan fingerprint density at radius 3 is 2.64 bits per heavy atom. The molecule has 0 aromatic carbocycles. The zero-order chi connectivity index (χ0) is 18.9. The Hall–Kier alpha value is -2.32. The van der Waals surface area contributed by atoms with E-state index in [0.717, 1.165) is 79.9 Å². The molecule has 3 aromatic rings. The third-order valence-electron chi connectivity index (χ3n) is 5.63. The van der Waals surface area contributed by atoms with Crippen molar-refractivity contribution < 1.29 is 4.74 Å². The molecule has 0 N–H and O–H groups in total. The third kappa shape index (κ3) is 3.42. The van der Waals surface area contributed by atoms with Crippen molar-refractivity contribution in [2.24, 2.45) is 0 Å². The highest BCUT2D eigenvalue weighted by Crippen LogP contribution is 2.30. The lowest BCUT2D eigenvalue weighted by molar-refractivity contribution is 0.0844. The molecule has 0 aliphatic carbocycles. The fourth-order valence-corrected chi connectivity index (χ4v) is 4.84. The SMILES string of the molecule is Cc1nc(C2CCOCC2)cc(N2CCN(c3ncnc4sccc34)CC2)n1. The molecule has 8 heteroatoms. The van der Waals surface area contributed by atoms with Gasteiger partial charge in [0.15, 0.2) is 0 Å². The maximum Gasteiger partial charge on any atom is 0.140 e. The van der Waals surface area contributed by atoms with E-state index in [1.807, 2.05) is 6.92 Å². The summed E-state index contributed by atoms with van der Waals surface area (Å²) in [7, 11) is 0. The first-order chi connectivity index (χ1) is 13.8. The summed E-state index contributed by atoms with van der Waals surface area (Å²) in [5.74, 6) is 3.45. The van der Waals surface area contributed by atoms with Gasteiger partial charge in [0.2, 0.25) is 0 Å². The minimum atomic E-state index is 0.489. The van der Waals surface area contributed by atoms with Gasteiger partial charge in [-0.2, -0.15) is 0 Å². The number of thiophene rings is 1. The fraction of sp³-hybridized carbons (Fsp3) is 0.500. The lowest BCUT2D eigenvalue weighted by Crippen LogP contribution is -2.47. The number of fused-ring (bicyclic) bond motifs is 1. The van der Waals surface area contributed by atoms with Crippen molar-refractivity contribution in [3.8, 4) is 0 Å². The smallest absolute Gasteiger partial charge is 0.140 e. The summed E-state index contributed by atoms with van der Waals surface area (Å²) in [5.41, 5.74) is 1.17. The molecule has 5 rings (SSSR count). The summed E-state index contributed by atoms with van der Waals surface area (Å²) in [6, 6.07) is 4.32. The molecule has 7 nitrogen and oxygen atoms in total.